The predicted octanol–water partition coefficient (Wildman–Crippen LogP) is 4.41. The average Bonchev–Trinajstić information content (AvgIpc) is 2.47. The van der Waals surface area contributed by atoms with Gasteiger partial charge in [0.05, 0.1) is 5.69 Å². The molecule has 0 spiro atoms. The third-order valence-electron chi connectivity index (χ3n) is 2.72. The van der Waals surface area contributed by atoms with Crippen LogP contribution in [0.25, 0.3) is 0 Å². The van der Waals surface area contributed by atoms with Crippen molar-refractivity contribution < 1.29 is 4.74 Å². The van der Waals surface area contributed by atoms with Gasteiger partial charge in [0.15, 0.2) is 0 Å². The molecule has 0 bridgehead atoms. The van der Waals surface area contributed by atoms with E-state index in [1.165, 1.54) is 0 Å². The van der Waals surface area contributed by atoms with E-state index in [2.05, 4.69) is 10.9 Å². The topological polar surface area (TPSA) is 21.6 Å². The molecule has 100 valence electrons. The summed E-state index contributed by atoms with van der Waals surface area (Å²) in [6.07, 6.45) is 6.92. The van der Waals surface area contributed by atoms with E-state index < -0.39 is 0 Å². The van der Waals surface area contributed by atoms with Crippen LogP contribution in [0.5, 0.6) is 5.75 Å². The van der Waals surface area contributed by atoms with Crippen LogP contribution in [0, 0.1) is 19.3 Å². The number of ether oxygens (including phenoxy) is 1. The lowest BCUT2D eigenvalue weighted by atomic mass is 10.2. The Morgan fingerprint density at radius 2 is 2.00 bits per heavy atom. The van der Waals surface area contributed by atoms with E-state index >= 15 is 0 Å². The molecule has 2 nitrogen and oxygen atoms in total. The Morgan fingerprint density at radius 3 is 2.65 bits per heavy atom. The highest BCUT2D eigenvalue weighted by atomic mass is 35.5. The number of aliphatic imine (C=N–C) groups is 1. The SMILES string of the molecule is C#CCOc1ccc(C=Nc2ccc(C)c(Cl)c2)cc1. The first-order valence-electron chi connectivity index (χ1n) is 6.15. The number of halogens is 1. The fraction of sp³-hybridized carbons (Fsp3) is 0.118. The lowest BCUT2D eigenvalue weighted by Crippen LogP contribution is -1.93. The number of benzene rings is 2. The molecule has 2 rings (SSSR count). The van der Waals surface area contributed by atoms with E-state index in [1.54, 1.807) is 6.21 Å². The van der Waals surface area contributed by atoms with Crippen molar-refractivity contribution in [3.05, 3.63) is 58.6 Å². The minimum atomic E-state index is 0.273. The largest absolute Gasteiger partial charge is 0.481 e. The highest BCUT2D eigenvalue weighted by molar-refractivity contribution is 6.31. The third-order valence-corrected chi connectivity index (χ3v) is 3.13. The van der Waals surface area contributed by atoms with Crippen LogP contribution in [0.2, 0.25) is 5.02 Å². The van der Waals surface area contributed by atoms with Crippen molar-refractivity contribution in [2.24, 2.45) is 4.99 Å². The molecule has 0 aliphatic rings. The molecule has 0 aliphatic carbocycles. The molecule has 0 aromatic heterocycles. The van der Waals surface area contributed by atoms with Gasteiger partial charge in [-0.2, -0.15) is 0 Å². The predicted molar refractivity (Wildman–Crippen MR) is 84.2 cm³/mol. The standard InChI is InChI=1S/C17H14ClNO/c1-3-10-20-16-8-5-14(6-9-16)12-19-15-7-4-13(2)17(18)11-15/h1,4-9,11-12H,10H2,2H3. The molecule has 0 saturated heterocycles. The lowest BCUT2D eigenvalue weighted by Gasteiger charge is -2.02. The van der Waals surface area contributed by atoms with Gasteiger partial charge in [0.25, 0.3) is 0 Å². The second-order valence-electron chi connectivity index (χ2n) is 4.25. The maximum atomic E-state index is 6.06. The number of nitrogens with zero attached hydrogens (tertiary/aromatic N) is 1. The number of aryl methyl sites for hydroxylation is 1. The summed E-state index contributed by atoms with van der Waals surface area (Å²) in [6.45, 7) is 2.24. The van der Waals surface area contributed by atoms with Crippen molar-refractivity contribution in [2.45, 2.75) is 6.92 Å². The van der Waals surface area contributed by atoms with Crippen LogP contribution in [0.15, 0.2) is 47.5 Å². The van der Waals surface area contributed by atoms with Crippen molar-refractivity contribution in [3.8, 4) is 18.1 Å². The Morgan fingerprint density at radius 1 is 1.25 bits per heavy atom. The molecule has 2 aromatic carbocycles. The average molecular weight is 284 g/mol. The second kappa shape index (κ2) is 6.79. The van der Waals surface area contributed by atoms with Gasteiger partial charge < -0.3 is 4.74 Å². The zero-order chi connectivity index (χ0) is 14.4. The van der Waals surface area contributed by atoms with Crippen LogP contribution in [0.3, 0.4) is 0 Å². The Hall–Kier alpha value is -2.24. The van der Waals surface area contributed by atoms with E-state index in [0.717, 1.165) is 27.6 Å². The van der Waals surface area contributed by atoms with Crippen molar-refractivity contribution >= 4 is 23.5 Å². The summed E-state index contributed by atoms with van der Waals surface area (Å²) < 4.78 is 5.30. The molecule has 3 heteroatoms. The first-order chi connectivity index (χ1) is 9.69. The molecule has 0 aliphatic heterocycles. The molecule has 0 fully saturated rings. The van der Waals surface area contributed by atoms with Gasteiger partial charge in [-0.1, -0.05) is 23.6 Å². The molecule has 0 radical (unpaired) electrons. The summed E-state index contributed by atoms with van der Waals surface area (Å²) in [5.41, 5.74) is 2.85. The minimum absolute atomic E-state index is 0.273. The van der Waals surface area contributed by atoms with E-state index in [-0.39, 0.29) is 6.61 Å². The molecule has 20 heavy (non-hydrogen) atoms. The number of hydrogen-bond acceptors (Lipinski definition) is 2. The van der Waals surface area contributed by atoms with Gasteiger partial charge >= 0.3 is 0 Å². The molecule has 2 aromatic rings. The summed E-state index contributed by atoms with van der Waals surface area (Å²) in [7, 11) is 0. The fourth-order valence-corrected chi connectivity index (χ4v) is 1.76. The Kier molecular flexibility index (Phi) is 4.81. The molecule has 0 unspecified atom stereocenters. The summed E-state index contributed by atoms with van der Waals surface area (Å²) in [5, 5.41) is 0.720. The first kappa shape index (κ1) is 14.2. The van der Waals surface area contributed by atoms with Crippen molar-refractivity contribution in [2.75, 3.05) is 6.61 Å². The number of terminal acetylenes is 1. The minimum Gasteiger partial charge on any atom is -0.481 e. The van der Waals surface area contributed by atoms with Crippen LogP contribution < -0.4 is 4.74 Å². The van der Waals surface area contributed by atoms with Crippen molar-refractivity contribution in [1.82, 2.24) is 0 Å². The lowest BCUT2D eigenvalue weighted by molar-refractivity contribution is 0.370. The molecular formula is C17H14ClNO. The smallest absolute Gasteiger partial charge is 0.148 e. The highest BCUT2D eigenvalue weighted by Gasteiger charge is 1.96. The highest BCUT2D eigenvalue weighted by Crippen LogP contribution is 2.22. The molecule has 0 N–H and O–H groups in total. The Labute approximate surface area is 124 Å². The normalized spacial score (nSPS) is 10.4. The van der Waals surface area contributed by atoms with Gasteiger partial charge in [0, 0.05) is 11.2 Å². The molecular weight excluding hydrogens is 270 g/mol. The van der Waals surface area contributed by atoms with Crippen molar-refractivity contribution in [1.29, 1.82) is 0 Å². The van der Waals surface area contributed by atoms with Gasteiger partial charge in [0.2, 0.25) is 0 Å². The summed E-state index contributed by atoms with van der Waals surface area (Å²) >= 11 is 6.06. The summed E-state index contributed by atoms with van der Waals surface area (Å²) in [6, 6.07) is 13.3. The second-order valence-corrected chi connectivity index (χ2v) is 4.66. The van der Waals surface area contributed by atoms with Crippen LogP contribution in [0.4, 0.5) is 5.69 Å². The van der Waals surface area contributed by atoms with Gasteiger partial charge in [-0.25, -0.2) is 0 Å². The van der Waals surface area contributed by atoms with Gasteiger partial charge in [-0.05, 0) is 54.4 Å². The molecule has 0 atom stereocenters. The van der Waals surface area contributed by atoms with Crippen LogP contribution in [-0.4, -0.2) is 12.8 Å². The van der Waals surface area contributed by atoms with Gasteiger partial charge in [0.1, 0.15) is 12.4 Å². The van der Waals surface area contributed by atoms with Gasteiger partial charge in [-0.3, -0.25) is 4.99 Å². The maximum absolute atomic E-state index is 6.06. The van der Waals surface area contributed by atoms with E-state index in [4.69, 9.17) is 22.8 Å². The maximum Gasteiger partial charge on any atom is 0.148 e. The molecule has 0 amide bonds. The van der Waals surface area contributed by atoms with Crippen LogP contribution >= 0.6 is 11.6 Å². The monoisotopic (exact) mass is 283 g/mol. The van der Waals surface area contributed by atoms with E-state index in [9.17, 15) is 0 Å². The summed E-state index contributed by atoms with van der Waals surface area (Å²) in [5.74, 6) is 3.17. The van der Waals surface area contributed by atoms with E-state index in [1.807, 2.05) is 49.4 Å². The zero-order valence-electron chi connectivity index (χ0n) is 11.1. The van der Waals surface area contributed by atoms with Crippen LogP contribution in [0.1, 0.15) is 11.1 Å². The molecule has 0 saturated carbocycles. The Balaban J connectivity index is 2.07. The number of rotatable bonds is 4. The fourth-order valence-electron chi connectivity index (χ4n) is 1.59. The summed E-state index contributed by atoms with van der Waals surface area (Å²) in [4.78, 5) is 4.39. The quantitative estimate of drug-likeness (QED) is 0.601. The molecule has 0 heterocycles. The van der Waals surface area contributed by atoms with Crippen molar-refractivity contribution in [3.63, 3.8) is 0 Å². The van der Waals surface area contributed by atoms with Gasteiger partial charge in [-0.15, -0.1) is 6.42 Å². The first-order valence-corrected chi connectivity index (χ1v) is 6.53. The zero-order valence-corrected chi connectivity index (χ0v) is 11.9. The number of hydrogen-bond donors (Lipinski definition) is 0. The Bertz CT molecular complexity index is 654. The third kappa shape index (κ3) is 3.88. The van der Waals surface area contributed by atoms with Crippen LogP contribution in [-0.2, 0) is 0 Å². The van der Waals surface area contributed by atoms with E-state index in [0.29, 0.717) is 0 Å².